The molecule has 0 radical (unpaired) electrons. The lowest BCUT2D eigenvalue weighted by Crippen LogP contribution is -2.33. The van der Waals surface area contributed by atoms with E-state index in [0.717, 1.165) is 0 Å². The summed E-state index contributed by atoms with van der Waals surface area (Å²) in [6, 6.07) is 0. The van der Waals surface area contributed by atoms with Crippen LogP contribution in [0.4, 0.5) is 4.79 Å². The fourth-order valence-electron chi connectivity index (χ4n) is 0.757. The summed E-state index contributed by atoms with van der Waals surface area (Å²) in [4.78, 5) is 16.3. The number of nitrogens with zero attached hydrogens (tertiary/aromatic N) is 2. The van der Waals surface area contributed by atoms with Crippen molar-refractivity contribution in [1.29, 1.82) is 0 Å². The molecule has 66 valence electrons. The fraction of sp³-hybridized carbons (Fsp3) is 0.333. The maximum absolute atomic E-state index is 11.1. The van der Waals surface area contributed by atoms with Crippen LogP contribution in [-0.4, -0.2) is 30.9 Å². The van der Waals surface area contributed by atoms with Crippen LogP contribution in [0, 0.1) is 0 Å². The number of hydrogen-bond donors (Lipinski definition) is 1. The van der Waals surface area contributed by atoms with Crippen LogP contribution in [0.3, 0.4) is 0 Å². The molecule has 0 aromatic carbocycles. The van der Waals surface area contributed by atoms with Gasteiger partial charge in [-0.2, -0.15) is 0 Å². The van der Waals surface area contributed by atoms with E-state index in [0.29, 0.717) is 16.1 Å². The van der Waals surface area contributed by atoms with Crippen molar-refractivity contribution in [3.63, 3.8) is 0 Å². The standard InChI is InChI=1S/C6H8IN3O2/c1-12-6(11)10-3-2-9-5(8)4(10)7/h2H,3,8H2,1H3. The number of carbonyl (C=O) groups is 1. The molecule has 1 rings (SSSR count). The van der Waals surface area contributed by atoms with E-state index >= 15 is 0 Å². The van der Waals surface area contributed by atoms with E-state index in [1.54, 1.807) is 6.21 Å². The molecule has 0 aromatic rings. The molecule has 12 heavy (non-hydrogen) atoms. The second-order valence-corrected chi connectivity index (χ2v) is 3.09. The van der Waals surface area contributed by atoms with Crippen molar-refractivity contribution in [2.45, 2.75) is 0 Å². The average Bonchev–Trinajstić information content (AvgIpc) is 2.08. The minimum absolute atomic E-state index is 0.340. The van der Waals surface area contributed by atoms with Crippen molar-refractivity contribution in [2.75, 3.05) is 13.7 Å². The number of rotatable bonds is 0. The van der Waals surface area contributed by atoms with Gasteiger partial charge in [0, 0.05) is 6.21 Å². The number of aliphatic imine (C=N–C) groups is 1. The lowest BCUT2D eigenvalue weighted by atomic mass is 10.5. The molecule has 0 unspecified atom stereocenters. The van der Waals surface area contributed by atoms with Gasteiger partial charge in [-0.05, 0) is 22.6 Å². The lowest BCUT2D eigenvalue weighted by molar-refractivity contribution is 0.143. The van der Waals surface area contributed by atoms with Gasteiger partial charge in [0.1, 0.15) is 3.70 Å². The van der Waals surface area contributed by atoms with E-state index in [2.05, 4.69) is 9.73 Å². The van der Waals surface area contributed by atoms with Gasteiger partial charge in [0.15, 0.2) is 5.82 Å². The van der Waals surface area contributed by atoms with Crippen LogP contribution in [-0.2, 0) is 4.74 Å². The Bertz CT molecular complexity index is 262. The smallest absolute Gasteiger partial charge is 0.414 e. The third-order valence-corrected chi connectivity index (χ3v) is 2.47. The molecule has 1 heterocycles. The van der Waals surface area contributed by atoms with Crippen LogP contribution in [0.5, 0.6) is 0 Å². The number of hydrogen-bond acceptors (Lipinski definition) is 4. The fourth-order valence-corrected chi connectivity index (χ4v) is 1.29. The first-order valence-electron chi connectivity index (χ1n) is 3.20. The summed E-state index contributed by atoms with van der Waals surface area (Å²) in [5, 5.41) is 0. The van der Waals surface area contributed by atoms with Gasteiger partial charge in [-0.25, -0.2) is 9.79 Å². The second-order valence-electron chi connectivity index (χ2n) is 2.07. The summed E-state index contributed by atoms with van der Waals surface area (Å²) in [6.45, 7) is 0.408. The number of nitrogens with two attached hydrogens (primary N) is 1. The van der Waals surface area contributed by atoms with Crippen LogP contribution in [0.2, 0.25) is 0 Å². The molecule has 2 N–H and O–H groups in total. The number of amides is 1. The first kappa shape index (κ1) is 9.30. The summed E-state index contributed by atoms with van der Waals surface area (Å²) >= 11 is 1.95. The van der Waals surface area contributed by atoms with Crippen LogP contribution in [0.15, 0.2) is 14.5 Å². The predicted octanol–water partition coefficient (Wildman–Crippen LogP) is 0.660. The molecular formula is C6H8IN3O2. The van der Waals surface area contributed by atoms with E-state index in [1.807, 2.05) is 22.6 Å². The summed E-state index contributed by atoms with van der Waals surface area (Å²) < 4.78 is 5.14. The van der Waals surface area contributed by atoms with Crippen molar-refractivity contribution in [3.05, 3.63) is 9.52 Å². The predicted molar refractivity (Wildman–Crippen MR) is 52.8 cm³/mol. The quantitative estimate of drug-likeness (QED) is 0.524. The van der Waals surface area contributed by atoms with Crippen LogP contribution in [0.25, 0.3) is 0 Å². The highest BCUT2D eigenvalue weighted by Gasteiger charge is 2.20. The Hall–Kier alpha value is -0.790. The number of carbonyl (C=O) groups excluding carboxylic acids is 1. The summed E-state index contributed by atoms with van der Waals surface area (Å²) in [7, 11) is 1.33. The summed E-state index contributed by atoms with van der Waals surface area (Å²) in [5.74, 6) is 0.340. The molecule has 0 atom stereocenters. The van der Waals surface area contributed by atoms with E-state index < -0.39 is 6.09 Å². The number of ether oxygens (including phenoxy) is 1. The minimum Gasteiger partial charge on any atom is -0.452 e. The molecule has 0 saturated heterocycles. The molecule has 0 saturated carbocycles. The molecule has 0 aromatic heterocycles. The molecular weight excluding hydrogens is 273 g/mol. The Kier molecular flexibility index (Phi) is 2.90. The van der Waals surface area contributed by atoms with Crippen molar-refractivity contribution in [2.24, 2.45) is 10.7 Å². The summed E-state index contributed by atoms with van der Waals surface area (Å²) in [5.41, 5.74) is 5.49. The zero-order valence-corrected chi connectivity index (χ0v) is 8.61. The maximum Gasteiger partial charge on any atom is 0.414 e. The highest BCUT2D eigenvalue weighted by atomic mass is 127. The Morgan fingerprint density at radius 2 is 2.58 bits per heavy atom. The highest BCUT2D eigenvalue weighted by molar-refractivity contribution is 14.1. The molecule has 0 spiro atoms. The highest BCUT2D eigenvalue weighted by Crippen LogP contribution is 2.19. The maximum atomic E-state index is 11.1. The molecule has 6 heteroatoms. The first-order chi connectivity index (χ1) is 5.66. The van der Waals surface area contributed by atoms with E-state index in [1.165, 1.54) is 12.0 Å². The first-order valence-corrected chi connectivity index (χ1v) is 4.28. The van der Waals surface area contributed by atoms with Gasteiger partial charge in [-0.1, -0.05) is 0 Å². The lowest BCUT2D eigenvalue weighted by Gasteiger charge is -2.21. The van der Waals surface area contributed by atoms with Gasteiger partial charge in [0.05, 0.1) is 13.7 Å². The second kappa shape index (κ2) is 3.74. The Morgan fingerprint density at radius 1 is 1.92 bits per heavy atom. The molecule has 1 aliphatic rings. The average molecular weight is 281 g/mol. The normalized spacial score (nSPS) is 16.7. The SMILES string of the molecule is COC(=O)N1CC=NC(N)=C1I. The zero-order valence-electron chi connectivity index (χ0n) is 6.45. The van der Waals surface area contributed by atoms with Gasteiger partial charge < -0.3 is 10.5 Å². The van der Waals surface area contributed by atoms with Crippen LogP contribution in [0.1, 0.15) is 0 Å². The molecule has 1 amide bonds. The van der Waals surface area contributed by atoms with Gasteiger partial charge >= 0.3 is 6.09 Å². The Morgan fingerprint density at radius 3 is 3.17 bits per heavy atom. The molecule has 5 nitrogen and oxygen atoms in total. The van der Waals surface area contributed by atoms with Gasteiger partial charge in [0.25, 0.3) is 0 Å². The van der Waals surface area contributed by atoms with Crippen molar-refractivity contribution >= 4 is 34.9 Å². The largest absolute Gasteiger partial charge is 0.452 e. The van der Waals surface area contributed by atoms with Gasteiger partial charge in [-0.15, -0.1) is 0 Å². The number of halogens is 1. The Labute approximate surface area is 83.4 Å². The third-order valence-electron chi connectivity index (χ3n) is 1.34. The minimum atomic E-state index is -0.423. The van der Waals surface area contributed by atoms with Crippen molar-refractivity contribution in [3.8, 4) is 0 Å². The van der Waals surface area contributed by atoms with Gasteiger partial charge in [-0.3, -0.25) is 4.90 Å². The number of methoxy groups -OCH3 is 1. The van der Waals surface area contributed by atoms with Crippen molar-refractivity contribution in [1.82, 2.24) is 4.90 Å². The molecule has 0 fully saturated rings. The molecule has 1 aliphatic heterocycles. The van der Waals surface area contributed by atoms with E-state index in [9.17, 15) is 4.79 Å². The van der Waals surface area contributed by atoms with Crippen LogP contribution >= 0.6 is 22.6 Å². The van der Waals surface area contributed by atoms with Gasteiger partial charge in [0.2, 0.25) is 0 Å². The molecule has 0 bridgehead atoms. The van der Waals surface area contributed by atoms with Crippen LogP contribution < -0.4 is 5.73 Å². The molecule has 0 aliphatic carbocycles. The van der Waals surface area contributed by atoms with Crippen molar-refractivity contribution < 1.29 is 9.53 Å². The monoisotopic (exact) mass is 281 g/mol. The van der Waals surface area contributed by atoms with E-state index in [4.69, 9.17) is 5.73 Å². The Balaban J connectivity index is 2.83. The zero-order chi connectivity index (χ0) is 9.14. The topological polar surface area (TPSA) is 67.9 Å². The van der Waals surface area contributed by atoms with E-state index in [-0.39, 0.29) is 0 Å². The third kappa shape index (κ3) is 1.68. The summed E-state index contributed by atoms with van der Waals surface area (Å²) in [6.07, 6.45) is 1.14.